The van der Waals surface area contributed by atoms with Gasteiger partial charge in [-0.15, -0.1) is 0 Å². The first-order chi connectivity index (χ1) is 19.3. The van der Waals surface area contributed by atoms with E-state index in [1.165, 1.54) is 12.1 Å². The summed E-state index contributed by atoms with van der Waals surface area (Å²) < 4.78 is 15.2. The average Bonchev–Trinajstić information content (AvgIpc) is 3.38. The minimum absolute atomic E-state index is 0.147. The summed E-state index contributed by atoms with van der Waals surface area (Å²) in [6.07, 6.45) is 3.49. The zero-order valence-electron chi connectivity index (χ0n) is 21.3. The molecule has 1 heterocycles. The fourth-order valence-electron chi connectivity index (χ4n) is 3.94. The molecule has 0 aliphatic rings. The van der Waals surface area contributed by atoms with Crippen molar-refractivity contribution in [2.24, 2.45) is 0 Å². The van der Waals surface area contributed by atoms with E-state index in [4.69, 9.17) is 40.7 Å². The molecule has 0 saturated heterocycles. The SMILES string of the molecule is N#Cc1ccc(Cn2cncc2CC(=O)NCCN(Cc2cccc(Cl)c2Cl)C(=S)Nc2ccc(F)cc2)cc1. The van der Waals surface area contributed by atoms with Crippen LogP contribution in [0, 0.1) is 17.1 Å². The summed E-state index contributed by atoms with van der Waals surface area (Å²) in [5, 5.41) is 16.3. The number of rotatable bonds is 10. The quantitative estimate of drug-likeness (QED) is 0.225. The Morgan fingerprint density at radius 2 is 1.85 bits per heavy atom. The molecule has 0 saturated carbocycles. The van der Waals surface area contributed by atoms with Gasteiger partial charge in [0, 0.05) is 43.8 Å². The molecule has 40 heavy (non-hydrogen) atoms. The summed E-state index contributed by atoms with van der Waals surface area (Å²) in [7, 11) is 0. The smallest absolute Gasteiger partial charge is 0.226 e. The molecule has 204 valence electrons. The summed E-state index contributed by atoms with van der Waals surface area (Å²) in [4.78, 5) is 18.8. The zero-order valence-corrected chi connectivity index (χ0v) is 23.6. The number of anilines is 1. The van der Waals surface area contributed by atoms with E-state index >= 15 is 0 Å². The van der Waals surface area contributed by atoms with Gasteiger partial charge >= 0.3 is 0 Å². The zero-order chi connectivity index (χ0) is 28.5. The molecule has 0 aliphatic heterocycles. The highest BCUT2D eigenvalue weighted by molar-refractivity contribution is 7.80. The van der Waals surface area contributed by atoms with Gasteiger partial charge in [0.25, 0.3) is 0 Å². The third-order valence-corrected chi connectivity index (χ3v) is 7.27. The molecule has 0 atom stereocenters. The van der Waals surface area contributed by atoms with Crippen LogP contribution in [0.15, 0.2) is 79.3 Å². The fourth-order valence-corrected chi connectivity index (χ4v) is 4.59. The summed E-state index contributed by atoms with van der Waals surface area (Å²) >= 11 is 18.3. The third kappa shape index (κ3) is 8.02. The van der Waals surface area contributed by atoms with Gasteiger partial charge in [-0.3, -0.25) is 4.79 Å². The van der Waals surface area contributed by atoms with Crippen molar-refractivity contribution in [3.63, 3.8) is 0 Å². The van der Waals surface area contributed by atoms with Crippen molar-refractivity contribution in [1.82, 2.24) is 19.8 Å². The largest absolute Gasteiger partial charge is 0.354 e. The summed E-state index contributed by atoms with van der Waals surface area (Å²) in [6.45, 7) is 1.57. The van der Waals surface area contributed by atoms with Gasteiger partial charge in [0.1, 0.15) is 5.82 Å². The van der Waals surface area contributed by atoms with Crippen molar-refractivity contribution in [1.29, 1.82) is 5.26 Å². The van der Waals surface area contributed by atoms with E-state index in [1.54, 1.807) is 48.9 Å². The highest BCUT2D eigenvalue weighted by Gasteiger charge is 2.15. The van der Waals surface area contributed by atoms with E-state index in [0.29, 0.717) is 52.6 Å². The number of carbonyl (C=O) groups excluding carboxylic acids is 1. The standard InChI is InChI=1S/C29H25Cl2FN6OS/c30-26-3-1-2-22(28(26)31)18-37(29(40)36-24-10-8-23(32)9-11-24)13-12-35-27(39)14-25-16-34-19-38(25)17-21-6-4-20(15-33)5-7-21/h1-11,16,19H,12-14,17-18H2,(H,35,39)(H,36,40). The molecule has 7 nitrogen and oxygen atoms in total. The first-order valence-electron chi connectivity index (χ1n) is 12.3. The van der Waals surface area contributed by atoms with Crippen molar-refractivity contribution >= 4 is 52.1 Å². The monoisotopic (exact) mass is 594 g/mol. The molecular formula is C29H25Cl2FN6OS. The highest BCUT2D eigenvalue weighted by atomic mass is 35.5. The maximum atomic E-state index is 13.3. The van der Waals surface area contributed by atoms with Gasteiger partial charge in [0.15, 0.2) is 5.11 Å². The number of halogens is 3. The Hall–Kier alpha value is -3.97. The molecule has 3 aromatic carbocycles. The lowest BCUT2D eigenvalue weighted by Crippen LogP contribution is -2.40. The summed E-state index contributed by atoms with van der Waals surface area (Å²) in [5.74, 6) is -0.514. The summed E-state index contributed by atoms with van der Waals surface area (Å²) in [5.41, 5.74) is 3.76. The molecule has 0 unspecified atom stereocenters. The fraction of sp³-hybridized carbons (Fsp3) is 0.172. The second-order valence-corrected chi connectivity index (χ2v) is 10.1. The molecule has 2 N–H and O–H groups in total. The molecule has 0 bridgehead atoms. The second-order valence-electron chi connectivity index (χ2n) is 8.92. The maximum absolute atomic E-state index is 13.3. The minimum Gasteiger partial charge on any atom is -0.354 e. The van der Waals surface area contributed by atoms with Crippen LogP contribution >= 0.6 is 35.4 Å². The van der Waals surface area contributed by atoms with E-state index in [9.17, 15) is 9.18 Å². The number of nitrogens with one attached hydrogen (secondary N) is 2. The number of imidazole rings is 1. The third-order valence-electron chi connectivity index (χ3n) is 6.06. The van der Waals surface area contributed by atoms with Crippen LogP contribution in [-0.4, -0.2) is 38.6 Å². The van der Waals surface area contributed by atoms with Gasteiger partial charge in [-0.2, -0.15) is 5.26 Å². The highest BCUT2D eigenvalue weighted by Crippen LogP contribution is 2.26. The van der Waals surface area contributed by atoms with Crippen molar-refractivity contribution in [3.05, 3.63) is 118 Å². The Morgan fingerprint density at radius 1 is 1.10 bits per heavy atom. The minimum atomic E-state index is -0.347. The molecule has 0 aliphatic carbocycles. The number of carbonyl (C=O) groups is 1. The van der Waals surface area contributed by atoms with Crippen LogP contribution in [0.3, 0.4) is 0 Å². The van der Waals surface area contributed by atoms with Gasteiger partial charge in [0.2, 0.25) is 5.91 Å². The molecule has 4 aromatic rings. The lowest BCUT2D eigenvalue weighted by molar-refractivity contribution is -0.120. The Bertz CT molecular complexity index is 1520. The van der Waals surface area contributed by atoms with Crippen LogP contribution in [0.2, 0.25) is 10.0 Å². The predicted octanol–water partition coefficient (Wildman–Crippen LogP) is 5.81. The normalized spacial score (nSPS) is 10.6. The number of nitriles is 1. The Labute approximate surface area is 247 Å². The van der Waals surface area contributed by atoms with Gasteiger partial charge in [-0.25, -0.2) is 9.37 Å². The number of hydrogen-bond donors (Lipinski definition) is 2. The van der Waals surface area contributed by atoms with Gasteiger partial charge in [-0.1, -0.05) is 47.5 Å². The molecule has 0 radical (unpaired) electrons. The lowest BCUT2D eigenvalue weighted by Gasteiger charge is -2.27. The van der Waals surface area contributed by atoms with Gasteiger partial charge < -0.3 is 20.1 Å². The number of aromatic nitrogens is 2. The van der Waals surface area contributed by atoms with Crippen molar-refractivity contribution in [3.8, 4) is 6.07 Å². The van der Waals surface area contributed by atoms with E-state index in [0.717, 1.165) is 16.8 Å². The molecule has 4 rings (SSSR count). The van der Waals surface area contributed by atoms with E-state index in [2.05, 4.69) is 21.7 Å². The molecule has 0 fully saturated rings. The van der Waals surface area contributed by atoms with Crippen LogP contribution < -0.4 is 10.6 Å². The predicted molar refractivity (Wildman–Crippen MR) is 159 cm³/mol. The van der Waals surface area contributed by atoms with Crippen LogP contribution in [0.4, 0.5) is 10.1 Å². The molecule has 1 aromatic heterocycles. The van der Waals surface area contributed by atoms with Gasteiger partial charge in [0.05, 0.1) is 34.4 Å². The van der Waals surface area contributed by atoms with Crippen LogP contribution in [0.25, 0.3) is 0 Å². The number of hydrogen-bond acceptors (Lipinski definition) is 4. The first kappa shape index (κ1) is 29.0. The van der Waals surface area contributed by atoms with Crippen LogP contribution in [0.1, 0.15) is 22.4 Å². The number of thiocarbonyl (C=S) groups is 1. The van der Waals surface area contributed by atoms with E-state index in [1.807, 2.05) is 27.7 Å². The second kappa shape index (κ2) is 13.9. The van der Waals surface area contributed by atoms with Crippen LogP contribution in [0.5, 0.6) is 0 Å². The topological polar surface area (TPSA) is 86.0 Å². The molecule has 1 amide bonds. The Morgan fingerprint density at radius 3 is 2.58 bits per heavy atom. The Balaban J connectivity index is 1.37. The number of benzene rings is 3. The molecule has 0 spiro atoms. The Kier molecular flexibility index (Phi) is 10.1. The van der Waals surface area contributed by atoms with E-state index in [-0.39, 0.29) is 18.1 Å². The first-order valence-corrected chi connectivity index (χ1v) is 13.5. The molecule has 11 heteroatoms. The number of nitrogens with zero attached hydrogens (tertiary/aromatic N) is 4. The van der Waals surface area contributed by atoms with Crippen LogP contribution in [-0.2, 0) is 24.3 Å². The number of amides is 1. The summed E-state index contributed by atoms with van der Waals surface area (Å²) in [6, 6.07) is 20.6. The van der Waals surface area contributed by atoms with Crippen molar-refractivity contribution in [2.75, 3.05) is 18.4 Å². The van der Waals surface area contributed by atoms with Gasteiger partial charge in [-0.05, 0) is 65.8 Å². The average molecular weight is 596 g/mol. The van der Waals surface area contributed by atoms with Crippen molar-refractivity contribution < 1.29 is 9.18 Å². The lowest BCUT2D eigenvalue weighted by atomic mass is 10.1. The molecular weight excluding hydrogens is 570 g/mol. The maximum Gasteiger partial charge on any atom is 0.226 e. The van der Waals surface area contributed by atoms with Crippen molar-refractivity contribution in [2.45, 2.75) is 19.5 Å². The van der Waals surface area contributed by atoms with E-state index < -0.39 is 0 Å².